The molecule has 3 aromatic rings. The number of carbonyl (C=O) groups is 1. The molecule has 0 fully saturated rings. The molecule has 1 amide bonds. The quantitative estimate of drug-likeness (QED) is 0.712. The maximum Gasteiger partial charge on any atom is 0.255 e. The van der Waals surface area contributed by atoms with Crippen LogP contribution in [0.25, 0.3) is 0 Å². The first-order valence-electron chi connectivity index (χ1n) is 7.87. The lowest BCUT2D eigenvalue weighted by Crippen LogP contribution is -2.12. The van der Waals surface area contributed by atoms with Gasteiger partial charge in [0, 0.05) is 16.3 Å². The number of hydrogen-bond donors (Lipinski definition) is 2. The number of anilines is 3. The summed E-state index contributed by atoms with van der Waals surface area (Å²) in [6, 6.07) is 15.9. The smallest absolute Gasteiger partial charge is 0.255 e. The van der Waals surface area contributed by atoms with Gasteiger partial charge >= 0.3 is 0 Å². The van der Waals surface area contributed by atoms with Crippen LogP contribution in [0.3, 0.4) is 0 Å². The normalized spacial score (nSPS) is 11.9. The van der Waals surface area contributed by atoms with Gasteiger partial charge in [-0.05, 0) is 48.5 Å². The summed E-state index contributed by atoms with van der Waals surface area (Å²) in [6.45, 7) is 0.172. The van der Waals surface area contributed by atoms with E-state index in [1.165, 1.54) is 0 Å². The Morgan fingerprint density at radius 1 is 1.00 bits per heavy atom. The van der Waals surface area contributed by atoms with Crippen LogP contribution in [0.2, 0.25) is 5.02 Å². The third kappa shape index (κ3) is 3.55. The van der Waals surface area contributed by atoms with Crippen LogP contribution >= 0.6 is 11.6 Å². The second kappa shape index (κ2) is 6.93. The maximum absolute atomic E-state index is 12.4. The Balaban J connectivity index is 1.43. The van der Waals surface area contributed by atoms with Gasteiger partial charge in [-0.1, -0.05) is 17.7 Å². The van der Waals surface area contributed by atoms with E-state index in [0.717, 1.165) is 5.69 Å². The summed E-state index contributed by atoms with van der Waals surface area (Å²) < 4.78 is 10.5. The maximum atomic E-state index is 12.4. The SMILES string of the molecule is O=C(Nc1ccc(Nc2cccc(Cl)c2)nc1)c1ccc2c(c1)OCO2. The minimum absolute atomic E-state index is 0.172. The molecular weight excluding hydrogens is 354 g/mol. The van der Waals surface area contributed by atoms with Gasteiger partial charge in [-0.15, -0.1) is 0 Å². The third-order valence-corrected chi connectivity index (χ3v) is 3.99. The van der Waals surface area contributed by atoms with Gasteiger partial charge in [0.2, 0.25) is 6.79 Å². The van der Waals surface area contributed by atoms with Crippen LogP contribution in [0.1, 0.15) is 10.4 Å². The minimum Gasteiger partial charge on any atom is -0.454 e. The number of amides is 1. The highest BCUT2D eigenvalue weighted by atomic mass is 35.5. The first kappa shape index (κ1) is 16.2. The van der Waals surface area contributed by atoms with Crippen molar-refractivity contribution in [3.63, 3.8) is 0 Å². The number of rotatable bonds is 4. The van der Waals surface area contributed by atoms with Gasteiger partial charge in [-0.3, -0.25) is 4.79 Å². The Kier molecular flexibility index (Phi) is 4.33. The van der Waals surface area contributed by atoms with Gasteiger partial charge in [0.1, 0.15) is 5.82 Å². The molecule has 7 heteroatoms. The average Bonchev–Trinajstić information content (AvgIpc) is 3.11. The number of nitrogens with one attached hydrogen (secondary N) is 2. The monoisotopic (exact) mass is 367 g/mol. The molecule has 0 radical (unpaired) electrons. The van der Waals surface area contributed by atoms with Crippen molar-refractivity contribution in [2.45, 2.75) is 0 Å². The molecule has 0 unspecified atom stereocenters. The molecule has 26 heavy (non-hydrogen) atoms. The summed E-state index contributed by atoms with van der Waals surface area (Å²) in [7, 11) is 0. The lowest BCUT2D eigenvalue weighted by atomic mass is 10.2. The summed E-state index contributed by atoms with van der Waals surface area (Å²) in [5.41, 5.74) is 1.90. The lowest BCUT2D eigenvalue weighted by molar-refractivity contribution is 0.102. The number of nitrogens with zero attached hydrogens (tertiary/aromatic N) is 1. The van der Waals surface area contributed by atoms with Gasteiger partial charge in [0.05, 0.1) is 11.9 Å². The highest BCUT2D eigenvalue weighted by Gasteiger charge is 2.16. The van der Waals surface area contributed by atoms with E-state index < -0.39 is 0 Å². The second-order valence-corrected chi connectivity index (χ2v) is 6.03. The van der Waals surface area contributed by atoms with Crippen LogP contribution in [-0.2, 0) is 0 Å². The number of aromatic nitrogens is 1. The van der Waals surface area contributed by atoms with Gasteiger partial charge in [-0.2, -0.15) is 0 Å². The second-order valence-electron chi connectivity index (χ2n) is 5.59. The van der Waals surface area contributed by atoms with Crippen molar-refractivity contribution >= 4 is 34.7 Å². The van der Waals surface area contributed by atoms with E-state index in [-0.39, 0.29) is 12.7 Å². The zero-order chi connectivity index (χ0) is 17.9. The number of carbonyl (C=O) groups excluding carboxylic acids is 1. The fourth-order valence-electron chi connectivity index (χ4n) is 2.50. The van der Waals surface area contributed by atoms with Gasteiger partial charge in [0.25, 0.3) is 5.91 Å². The van der Waals surface area contributed by atoms with Crippen LogP contribution in [0, 0.1) is 0 Å². The topological polar surface area (TPSA) is 72.5 Å². The number of fused-ring (bicyclic) bond motifs is 1. The van der Waals surface area contributed by atoms with E-state index in [1.807, 2.05) is 12.1 Å². The van der Waals surface area contributed by atoms with Crippen molar-refractivity contribution in [3.8, 4) is 11.5 Å². The molecular formula is C19H14ClN3O3. The van der Waals surface area contributed by atoms with Crippen molar-refractivity contribution < 1.29 is 14.3 Å². The van der Waals surface area contributed by atoms with E-state index in [2.05, 4.69) is 15.6 Å². The Hall–Kier alpha value is -3.25. The lowest BCUT2D eigenvalue weighted by Gasteiger charge is -2.08. The average molecular weight is 368 g/mol. The van der Waals surface area contributed by atoms with E-state index in [1.54, 1.807) is 48.7 Å². The molecule has 2 aromatic carbocycles. The van der Waals surface area contributed by atoms with Crippen molar-refractivity contribution in [2.24, 2.45) is 0 Å². The summed E-state index contributed by atoms with van der Waals surface area (Å²) >= 11 is 5.96. The van der Waals surface area contributed by atoms with E-state index in [4.69, 9.17) is 21.1 Å². The molecule has 0 atom stereocenters. The Morgan fingerprint density at radius 2 is 1.88 bits per heavy atom. The Labute approximate surface area is 154 Å². The Morgan fingerprint density at radius 3 is 2.69 bits per heavy atom. The first-order chi connectivity index (χ1) is 12.7. The molecule has 6 nitrogen and oxygen atoms in total. The molecule has 2 N–H and O–H groups in total. The fraction of sp³-hybridized carbons (Fsp3) is 0.0526. The van der Waals surface area contributed by atoms with Crippen LogP contribution in [0.15, 0.2) is 60.8 Å². The molecule has 1 aromatic heterocycles. The summed E-state index contributed by atoms with van der Waals surface area (Å²) in [4.78, 5) is 16.7. The number of benzene rings is 2. The Bertz CT molecular complexity index is 960. The van der Waals surface area contributed by atoms with Crippen molar-refractivity contribution in [2.75, 3.05) is 17.4 Å². The van der Waals surface area contributed by atoms with E-state index >= 15 is 0 Å². The molecule has 0 spiro atoms. The molecule has 1 aliphatic rings. The third-order valence-electron chi connectivity index (χ3n) is 3.75. The van der Waals surface area contributed by atoms with E-state index in [0.29, 0.717) is 33.6 Å². The summed E-state index contributed by atoms with van der Waals surface area (Å²) in [6.07, 6.45) is 1.58. The predicted octanol–water partition coefficient (Wildman–Crippen LogP) is 4.46. The predicted molar refractivity (Wildman–Crippen MR) is 99.5 cm³/mol. The molecule has 0 saturated heterocycles. The van der Waals surface area contributed by atoms with Crippen molar-refractivity contribution in [1.82, 2.24) is 4.98 Å². The summed E-state index contributed by atoms with van der Waals surface area (Å²) in [5, 5.41) is 6.59. The molecule has 130 valence electrons. The zero-order valence-corrected chi connectivity index (χ0v) is 14.3. The standard InChI is InChI=1S/C19H14ClN3O3/c20-13-2-1-3-14(9-13)22-18-7-5-15(10-21-18)23-19(24)12-4-6-16-17(8-12)26-11-25-16/h1-10H,11H2,(H,21,22)(H,23,24). The number of halogens is 1. The van der Waals surface area contributed by atoms with E-state index in [9.17, 15) is 4.79 Å². The number of pyridine rings is 1. The van der Waals surface area contributed by atoms with Crippen LogP contribution in [0.5, 0.6) is 11.5 Å². The number of hydrogen-bond acceptors (Lipinski definition) is 5. The van der Waals surface area contributed by atoms with Gasteiger partial charge in [-0.25, -0.2) is 4.98 Å². The van der Waals surface area contributed by atoms with Crippen LogP contribution in [0.4, 0.5) is 17.2 Å². The molecule has 0 saturated carbocycles. The van der Waals surface area contributed by atoms with Crippen molar-refractivity contribution in [1.29, 1.82) is 0 Å². The molecule has 0 bridgehead atoms. The van der Waals surface area contributed by atoms with Gasteiger partial charge in [0.15, 0.2) is 11.5 Å². The molecule has 1 aliphatic heterocycles. The molecule has 0 aliphatic carbocycles. The van der Waals surface area contributed by atoms with Crippen LogP contribution in [-0.4, -0.2) is 17.7 Å². The first-order valence-corrected chi connectivity index (χ1v) is 8.25. The number of ether oxygens (including phenoxy) is 2. The van der Waals surface area contributed by atoms with Gasteiger partial charge < -0.3 is 20.1 Å². The highest BCUT2D eigenvalue weighted by Crippen LogP contribution is 2.32. The minimum atomic E-state index is -0.249. The van der Waals surface area contributed by atoms with Crippen molar-refractivity contribution in [3.05, 3.63) is 71.4 Å². The highest BCUT2D eigenvalue weighted by molar-refractivity contribution is 6.30. The molecule has 4 rings (SSSR count). The fourth-order valence-corrected chi connectivity index (χ4v) is 2.69. The largest absolute Gasteiger partial charge is 0.454 e. The summed E-state index contributed by atoms with van der Waals surface area (Å²) in [5.74, 6) is 1.60. The zero-order valence-electron chi connectivity index (χ0n) is 13.5. The molecule has 2 heterocycles. The van der Waals surface area contributed by atoms with Crippen LogP contribution < -0.4 is 20.1 Å².